The summed E-state index contributed by atoms with van der Waals surface area (Å²) in [7, 11) is 0. The fraction of sp³-hybridized carbons (Fsp3) is 0.0476. The van der Waals surface area contributed by atoms with Crippen molar-refractivity contribution in [3.8, 4) is 10.4 Å². The lowest BCUT2D eigenvalue weighted by Crippen LogP contribution is -2.08. The van der Waals surface area contributed by atoms with Gasteiger partial charge in [-0.2, -0.15) is 0 Å². The van der Waals surface area contributed by atoms with Gasteiger partial charge >= 0.3 is 0 Å². The fourth-order valence-electron chi connectivity index (χ4n) is 2.36. The van der Waals surface area contributed by atoms with Crippen LogP contribution in [0.1, 0.15) is 22.2 Å². The number of hydrogen-bond donors (Lipinski definition) is 1. The smallest absolute Gasteiger partial charge is 0.248 e. The Morgan fingerprint density at radius 1 is 0.960 bits per heavy atom. The Hall–Kier alpha value is -2.98. The van der Waals surface area contributed by atoms with Gasteiger partial charge in [0.05, 0.1) is 0 Å². The van der Waals surface area contributed by atoms with E-state index in [0.717, 1.165) is 15.3 Å². The Balaban J connectivity index is 1.66. The molecule has 0 aliphatic carbocycles. The standard InChI is InChI=1S/C21H17NO2S/c1-15(23)17-8-5-9-18(14-17)22-21(24)13-11-19-10-12-20(25-19)16-6-3-2-4-7-16/h2-14H,1H3,(H,22,24)/b13-11+. The van der Waals surface area contributed by atoms with Gasteiger partial charge in [0, 0.05) is 27.1 Å². The summed E-state index contributed by atoms with van der Waals surface area (Å²) in [6.45, 7) is 1.50. The van der Waals surface area contributed by atoms with E-state index in [-0.39, 0.29) is 11.7 Å². The van der Waals surface area contributed by atoms with Gasteiger partial charge in [0.15, 0.2) is 5.78 Å². The zero-order valence-corrected chi connectivity index (χ0v) is 14.5. The Morgan fingerprint density at radius 3 is 2.52 bits per heavy atom. The predicted molar refractivity (Wildman–Crippen MR) is 104 cm³/mol. The third-order valence-electron chi connectivity index (χ3n) is 3.62. The van der Waals surface area contributed by atoms with Gasteiger partial charge in [0.25, 0.3) is 0 Å². The molecule has 0 saturated carbocycles. The maximum Gasteiger partial charge on any atom is 0.248 e. The summed E-state index contributed by atoms with van der Waals surface area (Å²) in [6, 6.07) is 21.1. The van der Waals surface area contributed by atoms with Gasteiger partial charge in [-0.3, -0.25) is 9.59 Å². The number of amides is 1. The third kappa shape index (κ3) is 4.52. The number of anilines is 1. The summed E-state index contributed by atoms with van der Waals surface area (Å²) < 4.78 is 0. The highest BCUT2D eigenvalue weighted by atomic mass is 32.1. The Kier molecular flexibility index (Phi) is 5.21. The van der Waals surface area contributed by atoms with Crippen molar-refractivity contribution in [2.45, 2.75) is 6.92 Å². The summed E-state index contributed by atoms with van der Waals surface area (Å²) in [6.07, 6.45) is 3.29. The van der Waals surface area contributed by atoms with Crippen LogP contribution in [0.4, 0.5) is 5.69 Å². The van der Waals surface area contributed by atoms with E-state index in [0.29, 0.717) is 11.3 Å². The Labute approximate surface area is 150 Å². The molecule has 0 spiro atoms. The molecule has 0 aliphatic rings. The average Bonchev–Trinajstić information content (AvgIpc) is 3.10. The number of ketones is 1. The molecule has 124 valence electrons. The van der Waals surface area contributed by atoms with E-state index < -0.39 is 0 Å². The molecule has 1 N–H and O–H groups in total. The second-order valence-corrected chi connectivity index (χ2v) is 6.64. The van der Waals surface area contributed by atoms with E-state index in [1.54, 1.807) is 41.7 Å². The van der Waals surface area contributed by atoms with Crippen molar-refractivity contribution in [2.24, 2.45) is 0 Å². The number of nitrogens with one attached hydrogen (secondary N) is 1. The highest BCUT2D eigenvalue weighted by Crippen LogP contribution is 2.28. The lowest BCUT2D eigenvalue weighted by Gasteiger charge is -2.03. The van der Waals surface area contributed by atoms with E-state index in [9.17, 15) is 9.59 Å². The van der Waals surface area contributed by atoms with Gasteiger partial charge in [0.2, 0.25) is 5.91 Å². The van der Waals surface area contributed by atoms with Crippen molar-refractivity contribution < 1.29 is 9.59 Å². The van der Waals surface area contributed by atoms with Crippen LogP contribution in [0.2, 0.25) is 0 Å². The van der Waals surface area contributed by atoms with Crippen LogP contribution < -0.4 is 5.32 Å². The molecule has 3 nitrogen and oxygen atoms in total. The van der Waals surface area contributed by atoms with Gasteiger partial charge in [-0.25, -0.2) is 0 Å². The van der Waals surface area contributed by atoms with Gasteiger partial charge in [-0.15, -0.1) is 11.3 Å². The van der Waals surface area contributed by atoms with Crippen LogP contribution in [-0.2, 0) is 4.79 Å². The lowest BCUT2D eigenvalue weighted by molar-refractivity contribution is -0.111. The molecule has 0 atom stereocenters. The van der Waals surface area contributed by atoms with E-state index in [4.69, 9.17) is 0 Å². The highest BCUT2D eigenvalue weighted by Gasteiger charge is 2.04. The monoisotopic (exact) mass is 347 g/mol. The molecule has 0 aliphatic heterocycles. The first-order chi connectivity index (χ1) is 12.1. The number of carbonyl (C=O) groups is 2. The molecule has 0 saturated heterocycles. The fourth-order valence-corrected chi connectivity index (χ4v) is 3.27. The summed E-state index contributed by atoms with van der Waals surface area (Å²) >= 11 is 1.63. The molecular formula is C21H17NO2S. The normalized spacial score (nSPS) is 10.8. The topological polar surface area (TPSA) is 46.2 Å². The van der Waals surface area contributed by atoms with E-state index in [1.807, 2.05) is 30.3 Å². The van der Waals surface area contributed by atoms with Crippen molar-refractivity contribution in [3.05, 3.63) is 83.2 Å². The maximum absolute atomic E-state index is 12.1. The first kappa shape index (κ1) is 16.9. The minimum atomic E-state index is -0.227. The SMILES string of the molecule is CC(=O)c1cccc(NC(=O)/C=C/c2ccc(-c3ccccc3)s2)c1. The number of benzene rings is 2. The van der Waals surface area contributed by atoms with E-state index in [1.165, 1.54) is 13.0 Å². The van der Waals surface area contributed by atoms with Crippen molar-refractivity contribution in [1.29, 1.82) is 0 Å². The minimum Gasteiger partial charge on any atom is -0.322 e. The van der Waals surface area contributed by atoms with Gasteiger partial charge in [0.1, 0.15) is 0 Å². The van der Waals surface area contributed by atoms with Crippen LogP contribution in [0.25, 0.3) is 16.5 Å². The lowest BCUT2D eigenvalue weighted by atomic mass is 10.1. The molecule has 3 rings (SSSR count). The summed E-state index contributed by atoms with van der Waals surface area (Å²) in [5.74, 6) is -0.256. The zero-order chi connectivity index (χ0) is 17.6. The van der Waals surface area contributed by atoms with Crippen LogP contribution in [0.15, 0.2) is 72.8 Å². The molecular weight excluding hydrogens is 330 g/mol. The van der Waals surface area contributed by atoms with Crippen LogP contribution >= 0.6 is 11.3 Å². The zero-order valence-electron chi connectivity index (χ0n) is 13.7. The third-order valence-corrected chi connectivity index (χ3v) is 4.72. The highest BCUT2D eigenvalue weighted by molar-refractivity contribution is 7.16. The number of hydrogen-bond acceptors (Lipinski definition) is 3. The molecule has 2 aromatic carbocycles. The molecule has 25 heavy (non-hydrogen) atoms. The molecule has 1 heterocycles. The first-order valence-electron chi connectivity index (χ1n) is 7.87. The second kappa shape index (κ2) is 7.73. The summed E-state index contributed by atoms with van der Waals surface area (Å²) in [4.78, 5) is 25.6. The van der Waals surface area contributed by atoms with Gasteiger partial charge in [-0.05, 0) is 42.8 Å². The molecule has 0 bridgehead atoms. The molecule has 1 aromatic heterocycles. The average molecular weight is 347 g/mol. The summed E-state index contributed by atoms with van der Waals surface area (Å²) in [5, 5.41) is 2.77. The Morgan fingerprint density at radius 2 is 1.76 bits per heavy atom. The molecule has 0 radical (unpaired) electrons. The van der Waals surface area contributed by atoms with Crippen molar-refractivity contribution in [3.63, 3.8) is 0 Å². The predicted octanol–water partition coefficient (Wildman–Crippen LogP) is 5.27. The number of thiophene rings is 1. The molecule has 3 aromatic rings. The van der Waals surface area contributed by atoms with Crippen LogP contribution in [0, 0.1) is 0 Å². The minimum absolute atomic E-state index is 0.0290. The summed E-state index contributed by atoms with van der Waals surface area (Å²) in [5.41, 5.74) is 2.35. The largest absolute Gasteiger partial charge is 0.322 e. The first-order valence-corrected chi connectivity index (χ1v) is 8.69. The van der Waals surface area contributed by atoms with Crippen molar-refractivity contribution in [2.75, 3.05) is 5.32 Å². The molecule has 0 unspecified atom stereocenters. The number of carbonyl (C=O) groups excluding carboxylic acids is 2. The van der Waals surface area contributed by atoms with Crippen LogP contribution in [0.5, 0.6) is 0 Å². The molecule has 1 amide bonds. The van der Waals surface area contributed by atoms with Gasteiger partial charge in [-0.1, -0.05) is 42.5 Å². The molecule has 0 fully saturated rings. The number of rotatable bonds is 5. The van der Waals surface area contributed by atoms with Crippen LogP contribution in [-0.4, -0.2) is 11.7 Å². The van der Waals surface area contributed by atoms with Crippen LogP contribution in [0.3, 0.4) is 0 Å². The van der Waals surface area contributed by atoms with E-state index >= 15 is 0 Å². The quantitative estimate of drug-likeness (QED) is 0.505. The number of Topliss-reactive ketones (excluding diaryl/α,β-unsaturated/α-hetero) is 1. The van der Waals surface area contributed by atoms with E-state index in [2.05, 4.69) is 17.4 Å². The Bertz CT molecular complexity index is 926. The maximum atomic E-state index is 12.1. The van der Waals surface area contributed by atoms with Gasteiger partial charge < -0.3 is 5.32 Å². The van der Waals surface area contributed by atoms with Crippen molar-refractivity contribution >= 4 is 34.8 Å². The molecule has 4 heteroatoms. The second-order valence-electron chi connectivity index (χ2n) is 5.53. The van der Waals surface area contributed by atoms with Crippen molar-refractivity contribution in [1.82, 2.24) is 0 Å².